The second-order valence-corrected chi connectivity index (χ2v) is 3.61. The number of nitrogens with one attached hydrogen (secondary N) is 1. The van der Waals surface area contributed by atoms with Crippen LogP contribution in [0.25, 0.3) is 0 Å². The van der Waals surface area contributed by atoms with E-state index in [9.17, 15) is 22.8 Å². The van der Waals surface area contributed by atoms with Gasteiger partial charge in [0.2, 0.25) is 6.17 Å². The largest absolute Gasteiger partial charge is 0.321 e. The van der Waals surface area contributed by atoms with E-state index in [1.165, 1.54) is 0 Å². The number of ketones is 1. The van der Waals surface area contributed by atoms with E-state index in [0.29, 0.717) is 0 Å². The van der Waals surface area contributed by atoms with Crippen LogP contribution in [0.15, 0.2) is 18.2 Å². The molecule has 1 amide bonds. The number of hydrogen-bond acceptors (Lipinski definition) is 2. The van der Waals surface area contributed by atoms with Crippen molar-refractivity contribution >= 4 is 33.3 Å². The van der Waals surface area contributed by atoms with E-state index in [4.69, 9.17) is 0 Å². The summed E-state index contributed by atoms with van der Waals surface area (Å²) in [5.74, 6) is -4.82. The number of benzene rings is 1. The lowest BCUT2D eigenvalue weighted by molar-refractivity contribution is -0.130. The highest BCUT2D eigenvalue weighted by atomic mass is 79.9. The summed E-state index contributed by atoms with van der Waals surface area (Å²) in [7, 11) is 0. The second-order valence-electron chi connectivity index (χ2n) is 3.05. The van der Waals surface area contributed by atoms with Crippen molar-refractivity contribution in [3.63, 3.8) is 0 Å². The Hall–Kier alpha value is -1.37. The Labute approximate surface area is 103 Å². The number of hydrogen-bond donors (Lipinski definition) is 1. The van der Waals surface area contributed by atoms with Crippen LogP contribution in [0.5, 0.6) is 0 Å². The molecule has 1 N–H and O–H groups in total. The molecular weight excluding hydrogens is 303 g/mol. The minimum atomic E-state index is -2.42. The molecule has 0 aliphatic rings. The standard InChI is InChI=1S/C10H7BrF3NO2/c11-4-7(16)9(14)10(17)15-6-3-1-2-5(12)8(6)13/h1-3,9H,4H2,(H,15,17). The topological polar surface area (TPSA) is 46.2 Å². The van der Waals surface area contributed by atoms with Crippen LogP contribution in [-0.2, 0) is 9.59 Å². The SMILES string of the molecule is O=C(CBr)C(F)C(=O)Nc1cccc(F)c1F. The fraction of sp³-hybridized carbons (Fsp3) is 0.200. The molecular formula is C10H7BrF3NO2. The molecule has 17 heavy (non-hydrogen) atoms. The van der Waals surface area contributed by atoms with Crippen molar-refractivity contribution in [3.8, 4) is 0 Å². The molecule has 1 unspecified atom stereocenters. The number of anilines is 1. The maximum Gasteiger partial charge on any atom is 0.266 e. The predicted octanol–water partition coefficient (Wildman–Crippen LogP) is 2.21. The summed E-state index contributed by atoms with van der Waals surface area (Å²) < 4.78 is 39.0. The highest BCUT2D eigenvalue weighted by molar-refractivity contribution is 9.09. The minimum absolute atomic E-state index is 0.340. The van der Waals surface area contributed by atoms with E-state index in [2.05, 4.69) is 15.9 Å². The molecule has 0 aliphatic heterocycles. The third kappa shape index (κ3) is 3.29. The van der Waals surface area contributed by atoms with Crippen LogP contribution >= 0.6 is 15.9 Å². The Morgan fingerprint density at radius 2 is 2.00 bits per heavy atom. The molecule has 92 valence electrons. The lowest BCUT2D eigenvalue weighted by atomic mass is 10.2. The van der Waals surface area contributed by atoms with Crippen molar-refractivity contribution < 1.29 is 22.8 Å². The average molecular weight is 310 g/mol. The zero-order valence-electron chi connectivity index (χ0n) is 8.34. The molecule has 0 saturated heterocycles. The first-order valence-electron chi connectivity index (χ1n) is 4.45. The number of carbonyl (C=O) groups excluding carboxylic acids is 2. The maximum atomic E-state index is 13.1. The van der Waals surface area contributed by atoms with Gasteiger partial charge >= 0.3 is 0 Å². The first-order valence-corrected chi connectivity index (χ1v) is 5.57. The molecule has 0 heterocycles. The van der Waals surface area contributed by atoms with Crippen molar-refractivity contribution in [3.05, 3.63) is 29.8 Å². The van der Waals surface area contributed by atoms with Gasteiger partial charge in [0.05, 0.1) is 11.0 Å². The molecule has 7 heteroatoms. The molecule has 0 spiro atoms. The second kappa shape index (κ2) is 5.81. The number of amides is 1. The van der Waals surface area contributed by atoms with E-state index in [1.807, 2.05) is 0 Å². The number of carbonyl (C=O) groups is 2. The molecule has 1 aromatic rings. The molecule has 0 bridgehead atoms. The number of halogens is 4. The Bertz CT molecular complexity index is 453. The van der Waals surface area contributed by atoms with E-state index < -0.39 is 35.2 Å². The van der Waals surface area contributed by atoms with Crippen LogP contribution in [0.3, 0.4) is 0 Å². The van der Waals surface area contributed by atoms with Gasteiger partial charge in [0.25, 0.3) is 5.91 Å². The number of rotatable bonds is 4. The normalized spacial score (nSPS) is 12.0. The van der Waals surface area contributed by atoms with Crippen LogP contribution in [0.2, 0.25) is 0 Å². The van der Waals surface area contributed by atoms with Gasteiger partial charge in [0.1, 0.15) is 0 Å². The van der Waals surface area contributed by atoms with Crippen LogP contribution in [0.4, 0.5) is 18.9 Å². The molecule has 1 aromatic carbocycles. The van der Waals surface area contributed by atoms with Gasteiger partial charge in [-0.05, 0) is 12.1 Å². The highest BCUT2D eigenvalue weighted by Crippen LogP contribution is 2.17. The van der Waals surface area contributed by atoms with Crippen LogP contribution in [-0.4, -0.2) is 23.2 Å². The maximum absolute atomic E-state index is 13.1. The first kappa shape index (κ1) is 13.7. The van der Waals surface area contributed by atoms with E-state index in [-0.39, 0.29) is 5.33 Å². The van der Waals surface area contributed by atoms with Gasteiger partial charge in [-0.15, -0.1) is 0 Å². The van der Waals surface area contributed by atoms with Gasteiger partial charge in [0, 0.05) is 0 Å². The van der Waals surface area contributed by atoms with Crippen molar-refractivity contribution in [1.82, 2.24) is 0 Å². The van der Waals surface area contributed by atoms with Crippen LogP contribution < -0.4 is 5.32 Å². The predicted molar refractivity (Wildman–Crippen MR) is 58.7 cm³/mol. The van der Waals surface area contributed by atoms with Crippen molar-refractivity contribution in [1.29, 1.82) is 0 Å². The highest BCUT2D eigenvalue weighted by Gasteiger charge is 2.25. The van der Waals surface area contributed by atoms with Gasteiger partial charge in [0.15, 0.2) is 17.4 Å². The summed E-state index contributed by atoms with van der Waals surface area (Å²) in [6.07, 6.45) is -2.42. The Balaban J connectivity index is 2.81. The van der Waals surface area contributed by atoms with Gasteiger partial charge in [-0.25, -0.2) is 13.2 Å². The van der Waals surface area contributed by atoms with Crippen molar-refractivity contribution in [2.45, 2.75) is 6.17 Å². The van der Waals surface area contributed by atoms with Gasteiger partial charge in [-0.2, -0.15) is 0 Å². The molecule has 3 nitrogen and oxygen atoms in total. The fourth-order valence-corrected chi connectivity index (χ4v) is 1.29. The summed E-state index contributed by atoms with van der Waals surface area (Å²) in [4.78, 5) is 22.0. The van der Waals surface area contributed by atoms with Gasteiger partial charge < -0.3 is 5.32 Å². The molecule has 0 saturated carbocycles. The summed E-state index contributed by atoms with van der Waals surface area (Å²) >= 11 is 2.69. The zero-order valence-corrected chi connectivity index (χ0v) is 9.93. The van der Waals surface area contributed by atoms with Crippen molar-refractivity contribution in [2.75, 3.05) is 10.6 Å². The molecule has 0 fully saturated rings. The Morgan fingerprint density at radius 3 is 2.59 bits per heavy atom. The van der Waals surface area contributed by atoms with Gasteiger partial charge in [-0.3, -0.25) is 9.59 Å². The number of alkyl halides is 2. The minimum Gasteiger partial charge on any atom is -0.321 e. The quantitative estimate of drug-likeness (QED) is 0.684. The molecule has 1 atom stereocenters. The summed E-state index contributed by atoms with van der Waals surface area (Å²) in [6, 6.07) is 3.05. The summed E-state index contributed by atoms with van der Waals surface area (Å²) in [5.41, 5.74) is -0.514. The van der Waals surface area contributed by atoms with E-state index in [0.717, 1.165) is 18.2 Å². The molecule has 0 aromatic heterocycles. The Morgan fingerprint density at radius 1 is 1.35 bits per heavy atom. The fourth-order valence-electron chi connectivity index (χ4n) is 1.01. The lowest BCUT2D eigenvalue weighted by Crippen LogP contribution is -2.32. The first-order chi connectivity index (χ1) is 7.97. The lowest BCUT2D eigenvalue weighted by Gasteiger charge is -2.08. The third-order valence-electron chi connectivity index (χ3n) is 1.85. The van der Waals surface area contributed by atoms with Gasteiger partial charge in [-0.1, -0.05) is 22.0 Å². The van der Waals surface area contributed by atoms with Crippen LogP contribution in [0, 0.1) is 11.6 Å². The Kier molecular flexibility index (Phi) is 4.68. The third-order valence-corrected chi connectivity index (χ3v) is 2.41. The van der Waals surface area contributed by atoms with E-state index >= 15 is 0 Å². The molecule has 0 radical (unpaired) electrons. The van der Waals surface area contributed by atoms with Crippen LogP contribution in [0.1, 0.15) is 0 Å². The summed E-state index contributed by atoms with van der Waals surface area (Å²) in [5, 5.41) is 1.46. The smallest absolute Gasteiger partial charge is 0.266 e. The average Bonchev–Trinajstić information content (AvgIpc) is 2.32. The van der Waals surface area contributed by atoms with E-state index in [1.54, 1.807) is 5.32 Å². The van der Waals surface area contributed by atoms with Crippen molar-refractivity contribution in [2.24, 2.45) is 0 Å². The molecule has 1 rings (SSSR count). The molecule has 0 aliphatic carbocycles. The summed E-state index contributed by atoms with van der Waals surface area (Å²) in [6.45, 7) is 0. The zero-order chi connectivity index (χ0) is 13.0. The monoisotopic (exact) mass is 309 g/mol. The number of Topliss-reactive ketones (excluding diaryl/α,β-unsaturated/α-hetero) is 1.